The lowest BCUT2D eigenvalue weighted by molar-refractivity contribution is 0.103. The fraction of sp³-hybridized carbons (Fsp3) is 0.391. The van der Waals surface area contributed by atoms with Crippen LogP contribution in [0.25, 0.3) is 11.0 Å². The van der Waals surface area contributed by atoms with Crippen molar-refractivity contribution in [3.8, 4) is 0 Å². The summed E-state index contributed by atoms with van der Waals surface area (Å²) in [5.74, 6) is -3.43. The van der Waals surface area contributed by atoms with E-state index in [1.807, 2.05) is 4.72 Å². The topological polar surface area (TPSA) is 91.9 Å². The van der Waals surface area contributed by atoms with Gasteiger partial charge in [0.05, 0.1) is 22.5 Å². The molecule has 0 atom stereocenters. The van der Waals surface area contributed by atoms with Gasteiger partial charge in [-0.1, -0.05) is 6.92 Å². The van der Waals surface area contributed by atoms with Gasteiger partial charge >= 0.3 is 0 Å². The third-order valence-corrected chi connectivity index (χ3v) is 7.20. The van der Waals surface area contributed by atoms with Gasteiger partial charge in [0.2, 0.25) is 15.8 Å². The van der Waals surface area contributed by atoms with Crippen molar-refractivity contribution in [2.45, 2.75) is 53.8 Å². The second-order valence-corrected chi connectivity index (χ2v) is 9.61. The van der Waals surface area contributed by atoms with Crippen molar-refractivity contribution in [3.63, 3.8) is 0 Å². The average molecular weight is 500 g/mol. The summed E-state index contributed by atoms with van der Waals surface area (Å²) in [6.45, 7) is 8.96. The summed E-state index contributed by atoms with van der Waals surface area (Å²) in [4.78, 5) is 21.0. The van der Waals surface area contributed by atoms with E-state index in [9.17, 15) is 13.2 Å². The van der Waals surface area contributed by atoms with Crippen LogP contribution in [-0.4, -0.2) is 29.9 Å². The maximum absolute atomic E-state index is 15.7. The maximum Gasteiger partial charge on any atom is 0.232 e. The van der Waals surface area contributed by atoms with E-state index in [2.05, 4.69) is 9.97 Å². The number of pyridine rings is 1. The Morgan fingerprint density at radius 3 is 2.30 bits per heavy atom. The lowest BCUT2D eigenvalue weighted by atomic mass is 9.93. The van der Waals surface area contributed by atoms with Crippen molar-refractivity contribution in [2.75, 3.05) is 10.4 Å². The molecular formula is C23H26ClF2N3O3S. The van der Waals surface area contributed by atoms with E-state index in [1.165, 1.54) is 20.8 Å². The third kappa shape index (κ3) is 4.24. The summed E-state index contributed by atoms with van der Waals surface area (Å²) >= 11 is 6.06. The first-order chi connectivity index (χ1) is 16.1. The molecule has 3 rings (SSSR count). The second kappa shape index (κ2) is 9.02. The molecule has 0 aliphatic carbocycles. The van der Waals surface area contributed by atoms with Gasteiger partial charge in [-0.25, -0.2) is 22.2 Å². The van der Waals surface area contributed by atoms with Crippen LogP contribution in [0, 0.1) is 46.3 Å². The normalized spacial score (nSPS) is 13.2. The van der Waals surface area contributed by atoms with Crippen molar-refractivity contribution < 1.29 is 24.7 Å². The molecule has 0 spiro atoms. The highest BCUT2D eigenvalue weighted by Gasteiger charge is 2.31. The molecule has 0 aliphatic rings. The molecule has 2 N–H and O–H groups in total. The number of hydrogen-bond donors (Lipinski definition) is 2. The molecule has 6 nitrogen and oxygen atoms in total. The molecule has 2 heterocycles. The van der Waals surface area contributed by atoms with E-state index in [0.717, 1.165) is 0 Å². The highest BCUT2D eigenvalue weighted by molar-refractivity contribution is 7.92. The Morgan fingerprint density at radius 1 is 1.09 bits per heavy atom. The highest BCUT2D eigenvalue weighted by atomic mass is 35.5. The number of nitrogens with zero attached hydrogens (tertiary/aromatic N) is 1. The van der Waals surface area contributed by atoms with Crippen LogP contribution in [0.1, 0.15) is 65.6 Å². The first-order valence-corrected chi connectivity index (χ1v) is 12.2. The molecule has 0 saturated carbocycles. The largest absolute Gasteiger partial charge is 0.343 e. The van der Waals surface area contributed by atoms with Crippen LogP contribution in [0.2, 0.25) is 0 Å². The number of sulfonamides is 1. The third-order valence-electron chi connectivity index (χ3n) is 5.80. The number of H-pyrrole nitrogens is 1. The van der Waals surface area contributed by atoms with Crippen molar-refractivity contribution in [1.82, 2.24) is 9.97 Å². The van der Waals surface area contributed by atoms with Crippen molar-refractivity contribution in [3.05, 3.63) is 56.4 Å². The number of carbonyl (C=O) groups is 1. The lowest BCUT2D eigenvalue weighted by Crippen LogP contribution is -2.21. The zero-order valence-electron chi connectivity index (χ0n) is 21.1. The molecule has 1 aromatic carbocycles. The van der Waals surface area contributed by atoms with Crippen molar-refractivity contribution in [2.24, 2.45) is 0 Å². The molecule has 2 aromatic heterocycles. The quantitative estimate of drug-likeness (QED) is 0.331. The monoisotopic (exact) mass is 499 g/mol. The van der Waals surface area contributed by atoms with E-state index >= 15 is 8.78 Å². The number of nitrogens with one attached hydrogen (secondary N) is 2. The minimum absolute atomic E-state index is 0.00452. The van der Waals surface area contributed by atoms with Crippen LogP contribution < -0.4 is 4.72 Å². The Bertz CT molecular complexity index is 1490. The van der Waals surface area contributed by atoms with Crippen LogP contribution >= 0.6 is 11.6 Å². The number of aryl methyl sites for hydroxylation is 3. The predicted molar refractivity (Wildman–Crippen MR) is 127 cm³/mol. The molecule has 0 amide bonds. The summed E-state index contributed by atoms with van der Waals surface area (Å²) in [6, 6.07) is 0. The summed E-state index contributed by atoms with van der Waals surface area (Å²) < 4.78 is 73.6. The molecule has 0 radical (unpaired) electrons. The predicted octanol–water partition coefficient (Wildman–Crippen LogP) is 5.50. The summed E-state index contributed by atoms with van der Waals surface area (Å²) in [7, 11) is -4.72. The zero-order valence-corrected chi connectivity index (χ0v) is 20.7. The van der Waals surface area contributed by atoms with Gasteiger partial charge in [-0.15, -0.1) is 11.6 Å². The van der Waals surface area contributed by atoms with Gasteiger partial charge in [0.15, 0.2) is 5.82 Å². The Kier molecular flexibility index (Phi) is 6.09. The molecule has 0 unspecified atom stereocenters. The Balaban J connectivity index is 2.32. The number of carbonyl (C=O) groups excluding carboxylic acids is 1. The fourth-order valence-corrected chi connectivity index (χ4v) is 5.28. The van der Waals surface area contributed by atoms with E-state index < -0.39 is 50.8 Å². The molecule has 3 aromatic rings. The number of halogens is 3. The molecule has 0 saturated heterocycles. The number of anilines is 1. The zero-order chi connectivity index (χ0) is 26.6. The lowest BCUT2D eigenvalue weighted by Gasteiger charge is -2.17. The minimum atomic E-state index is -4.72. The molecule has 10 heteroatoms. The minimum Gasteiger partial charge on any atom is -0.343 e. The summed E-state index contributed by atoms with van der Waals surface area (Å²) in [5, 5.41) is 0.371. The number of fused-ring (bicyclic) bond motifs is 1. The number of benzene rings is 1. The number of aromatic nitrogens is 2. The van der Waals surface area contributed by atoms with E-state index in [-0.39, 0.29) is 22.6 Å². The second-order valence-electron chi connectivity index (χ2n) is 7.84. The molecule has 178 valence electrons. The smallest absolute Gasteiger partial charge is 0.232 e. The van der Waals surface area contributed by atoms with Gasteiger partial charge in [0.1, 0.15) is 11.5 Å². The summed E-state index contributed by atoms with van der Waals surface area (Å²) in [6.07, 6.45) is -0.405. The van der Waals surface area contributed by atoms with Gasteiger partial charge in [-0.2, -0.15) is 0 Å². The SMILES string of the molecule is [2H]C([2H])(CC)S(=O)(=O)Nc1c(C)c(C)c(F)c(C(=O)c2c(C)[nH]c3nc(C)c(CCl)c(C)c23)c1F. The number of ketones is 1. The first-order valence-electron chi connectivity index (χ1n) is 11.2. The standard InChI is InChI=1S/C23H26ClF2N3O3S/c1-7-8-33(31,32)29-21-11(3)10(2)19(25)18(20(21)26)22(30)17-14(6)28-23-16(17)12(4)15(9-24)13(5)27-23/h29H,7-9H2,1-6H3,(H,27,28)/i8D2. The fourth-order valence-electron chi connectivity index (χ4n) is 3.93. The van der Waals surface area contributed by atoms with Crippen LogP contribution in [0.4, 0.5) is 14.5 Å². The Labute approximate surface area is 199 Å². The Hall–Kier alpha value is -2.52. The molecular weight excluding hydrogens is 472 g/mol. The molecule has 0 fully saturated rings. The van der Waals surface area contributed by atoms with E-state index in [0.29, 0.717) is 33.5 Å². The van der Waals surface area contributed by atoms with Crippen LogP contribution in [0.15, 0.2) is 0 Å². The Morgan fingerprint density at radius 2 is 1.73 bits per heavy atom. The number of rotatable bonds is 7. The number of hydrogen-bond acceptors (Lipinski definition) is 4. The van der Waals surface area contributed by atoms with E-state index in [1.54, 1.807) is 20.8 Å². The van der Waals surface area contributed by atoms with Gasteiger partial charge in [-0.3, -0.25) is 9.52 Å². The van der Waals surface area contributed by atoms with Crippen molar-refractivity contribution >= 4 is 44.1 Å². The number of aromatic amines is 1. The van der Waals surface area contributed by atoms with Gasteiger partial charge in [-0.05, 0) is 63.3 Å². The number of alkyl halides is 1. The van der Waals surface area contributed by atoms with Crippen LogP contribution in [0.5, 0.6) is 0 Å². The van der Waals surface area contributed by atoms with Crippen LogP contribution in [0.3, 0.4) is 0 Å². The van der Waals surface area contributed by atoms with E-state index in [4.69, 9.17) is 14.3 Å². The van der Waals surface area contributed by atoms with Crippen molar-refractivity contribution in [1.29, 1.82) is 0 Å². The molecule has 33 heavy (non-hydrogen) atoms. The first kappa shape index (κ1) is 22.3. The summed E-state index contributed by atoms with van der Waals surface area (Å²) in [5.41, 5.74) is -1.93. The maximum atomic E-state index is 15.7. The van der Waals surface area contributed by atoms with Gasteiger partial charge in [0, 0.05) is 25.4 Å². The average Bonchev–Trinajstić information content (AvgIpc) is 3.11. The molecule has 0 aliphatic heterocycles. The molecule has 0 bridgehead atoms. The van der Waals surface area contributed by atoms with Crippen LogP contribution in [-0.2, 0) is 15.9 Å². The van der Waals surface area contributed by atoms with Gasteiger partial charge < -0.3 is 4.98 Å². The highest BCUT2D eigenvalue weighted by Crippen LogP contribution is 2.35. The van der Waals surface area contributed by atoms with Gasteiger partial charge in [0.25, 0.3) is 0 Å².